The van der Waals surface area contributed by atoms with Gasteiger partial charge in [0.1, 0.15) is 0 Å². The van der Waals surface area contributed by atoms with Gasteiger partial charge in [-0.15, -0.1) is 0 Å². The van der Waals surface area contributed by atoms with E-state index in [0.717, 1.165) is 6.54 Å². The van der Waals surface area contributed by atoms with E-state index in [2.05, 4.69) is 24.6 Å². The number of likely N-dealkylation sites (N-methyl/N-ethyl adjacent to an activating group) is 1. The average Bonchev–Trinajstić information content (AvgIpc) is 2.52. The Morgan fingerprint density at radius 2 is 2.27 bits per heavy atom. The molecule has 0 saturated carbocycles. The number of allylic oxidation sites excluding steroid dienone is 1. The smallest absolute Gasteiger partial charge is 0.0287 e. The summed E-state index contributed by atoms with van der Waals surface area (Å²) in [5.41, 5.74) is 1.68. The lowest BCUT2D eigenvalue weighted by atomic mass is 10.00. The molecule has 15 heavy (non-hydrogen) atoms. The third-order valence-corrected chi connectivity index (χ3v) is 3.73. The van der Waals surface area contributed by atoms with E-state index in [1.807, 2.05) is 11.8 Å². The first-order valence-corrected chi connectivity index (χ1v) is 7.69. The summed E-state index contributed by atoms with van der Waals surface area (Å²) in [6.07, 6.45) is 12.8. The summed E-state index contributed by atoms with van der Waals surface area (Å²) in [5.74, 6) is 1.27. The number of hydrogen-bond acceptors (Lipinski definition) is 2. The van der Waals surface area contributed by atoms with Crippen molar-refractivity contribution in [2.45, 2.75) is 51.5 Å². The highest BCUT2D eigenvalue weighted by atomic mass is 32.2. The fourth-order valence-electron chi connectivity index (χ4n) is 2.26. The Balaban J connectivity index is 2.47. The molecule has 1 atom stereocenters. The van der Waals surface area contributed by atoms with Gasteiger partial charge in [-0.1, -0.05) is 25.0 Å². The van der Waals surface area contributed by atoms with Crippen LogP contribution in [-0.2, 0) is 0 Å². The number of hydrogen-bond donors (Lipinski definition) is 1. The van der Waals surface area contributed by atoms with Gasteiger partial charge in [0, 0.05) is 6.04 Å². The summed E-state index contributed by atoms with van der Waals surface area (Å²) < 4.78 is 0. The second kappa shape index (κ2) is 8.23. The molecule has 0 fully saturated rings. The van der Waals surface area contributed by atoms with E-state index in [0.29, 0.717) is 6.04 Å². The second-order valence-corrected chi connectivity index (χ2v) is 5.26. The van der Waals surface area contributed by atoms with Gasteiger partial charge in [0.05, 0.1) is 0 Å². The fraction of sp³-hybridized carbons (Fsp3) is 0.846. The third-order valence-electron chi connectivity index (χ3n) is 3.08. The zero-order valence-electron chi connectivity index (χ0n) is 10.2. The predicted molar refractivity (Wildman–Crippen MR) is 71.6 cm³/mol. The van der Waals surface area contributed by atoms with Crippen LogP contribution in [-0.4, -0.2) is 24.6 Å². The summed E-state index contributed by atoms with van der Waals surface area (Å²) in [6, 6.07) is 0.653. The Hall–Kier alpha value is 0.0500. The zero-order chi connectivity index (χ0) is 10.9. The van der Waals surface area contributed by atoms with Crippen molar-refractivity contribution in [1.29, 1.82) is 0 Å². The minimum atomic E-state index is 0.653. The van der Waals surface area contributed by atoms with Crippen molar-refractivity contribution in [2.24, 2.45) is 0 Å². The van der Waals surface area contributed by atoms with Crippen LogP contribution in [0, 0.1) is 0 Å². The van der Waals surface area contributed by atoms with Crippen LogP contribution in [0.15, 0.2) is 11.6 Å². The van der Waals surface area contributed by atoms with E-state index in [1.54, 1.807) is 5.57 Å². The monoisotopic (exact) mass is 227 g/mol. The Labute approximate surface area is 99.1 Å². The largest absolute Gasteiger partial charge is 0.310 e. The molecule has 1 nitrogen and oxygen atoms in total. The highest BCUT2D eigenvalue weighted by Gasteiger charge is 2.13. The van der Waals surface area contributed by atoms with Gasteiger partial charge < -0.3 is 5.32 Å². The summed E-state index contributed by atoms with van der Waals surface area (Å²) in [4.78, 5) is 0. The van der Waals surface area contributed by atoms with Crippen molar-refractivity contribution < 1.29 is 0 Å². The third kappa shape index (κ3) is 5.07. The molecule has 0 aromatic rings. The van der Waals surface area contributed by atoms with Gasteiger partial charge in [0.2, 0.25) is 0 Å². The van der Waals surface area contributed by atoms with Crippen LogP contribution in [0.25, 0.3) is 0 Å². The molecule has 0 amide bonds. The quantitative estimate of drug-likeness (QED) is 0.696. The van der Waals surface area contributed by atoms with Crippen LogP contribution in [0.5, 0.6) is 0 Å². The lowest BCUT2D eigenvalue weighted by molar-refractivity contribution is 0.554. The molecule has 1 aliphatic rings. The maximum Gasteiger partial charge on any atom is 0.0287 e. The van der Waals surface area contributed by atoms with Gasteiger partial charge in [-0.25, -0.2) is 0 Å². The van der Waals surface area contributed by atoms with Gasteiger partial charge in [0.15, 0.2) is 0 Å². The van der Waals surface area contributed by atoms with Gasteiger partial charge in [0.25, 0.3) is 0 Å². The molecule has 1 unspecified atom stereocenters. The Kier molecular flexibility index (Phi) is 7.20. The molecule has 1 rings (SSSR count). The van der Waals surface area contributed by atoms with E-state index < -0.39 is 0 Å². The second-order valence-electron chi connectivity index (χ2n) is 4.27. The van der Waals surface area contributed by atoms with Crippen LogP contribution >= 0.6 is 11.8 Å². The molecule has 0 aromatic heterocycles. The molecule has 0 saturated heterocycles. The van der Waals surface area contributed by atoms with Crippen molar-refractivity contribution in [1.82, 2.24) is 5.32 Å². The van der Waals surface area contributed by atoms with Crippen LogP contribution < -0.4 is 5.32 Å². The summed E-state index contributed by atoms with van der Waals surface area (Å²) in [7, 11) is 0. The molecule has 0 radical (unpaired) electrons. The van der Waals surface area contributed by atoms with Crippen LogP contribution in [0.3, 0.4) is 0 Å². The molecule has 0 heterocycles. The average molecular weight is 227 g/mol. The molecule has 0 aliphatic heterocycles. The van der Waals surface area contributed by atoms with Gasteiger partial charge in [-0.2, -0.15) is 11.8 Å². The Morgan fingerprint density at radius 3 is 3.00 bits per heavy atom. The van der Waals surface area contributed by atoms with Gasteiger partial charge in [-0.3, -0.25) is 0 Å². The summed E-state index contributed by atoms with van der Waals surface area (Å²) in [6.45, 7) is 3.31. The van der Waals surface area contributed by atoms with Crippen molar-refractivity contribution in [2.75, 3.05) is 18.6 Å². The van der Waals surface area contributed by atoms with Crippen LogP contribution in [0.2, 0.25) is 0 Å². The standard InChI is InChI=1S/C13H25NS/c1-3-14-13(10-11-15-2)12-8-6-4-5-7-9-12/h8,13-14H,3-7,9-11H2,1-2H3. The van der Waals surface area contributed by atoms with Gasteiger partial charge in [-0.05, 0) is 50.7 Å². The number of rotatable bonds is 6. The molecule has 0 aromatic carbocycles. The topological polar surface area (TPSA) is 12.0 Å². The van der Waals surface area contributed by atoms with Gasteiger partial charge >= 0.3 is 0 Å². The van der Waals surface area contributed by atoms with Crippen LogP contribution in [0.1, 0.15) is 45.4 Å². The maximum absolute atomic E-state index is 3.63. The normalized spacial score (nSPS) is 19.5. The predicted octanol–water partition coefficient (Wildman–Crippen LogP) is 3.61. The van der Waals surface area contributed by atoms with Crippen molar-refractivity contribution in [3.63, 3.8) is 0 Å². The fourth-order valence-corrected chi connectivity index (χ4v) is 2.73. The lowest BCUT2D eigenvalue weighted by Crippen LogP contribution is -2.31. The molecule has 2 heteroatoms. The first-order chi connectivity index (χ1) is 7.38. The minimum absolute atomic E-state index is 0.653. The Morgan fingerprint density at radius 1 is 1.40 bits per heavy atom. The lowest BCUT2D eigenvalue weighted by Gasteiger charge is -2.20. The first kappa shape index (κ1) is 13.1. The molecular formula is C13H25NS. The molecule has 0 spiro atoms. The van der Waals surface area contributed by atoms with Crippen LogP contribution in [0.4, 0.5) is 0 Å². The van der Waals surface area contributed by atoms with Crippen molar-refractivity contribution >= 4 is 11.8 Å². The first-order valence-electron chi connectivity index (χ1n) is 6.29. The maximum atomic E-state index is 3.63. The van der Waals surface area contributed by atoms with E-state index in [-0.39, 0.29) is 0 Å². The SMILES string of the molecule is CCNC(CCSC)C1=CCCCCC1. The van der Waals surface area contributed by atoms with E-state index in [4.69, 9.17) is 0 Å². The van der Waals surface area contributed by atoms with E-state index >= 15 is 0 Å². The summed E-state index contributed by atoms with van der Waals surface area (Å²) >= 11 is 1.96. The highest BCUT2D eigenvalue weighted by Crippen LogP contribution is 2.22. The molecule has 0 bridgehead atoms. The van der Waals surface area contributed by atoms with Crippen molar-refractivity contribution in [3.8, 4) is 0 Å². The molecule has 88 valence electrons. The summed E-state index contributed by atoms with van der Waals surface area (Å²) in [5, 5.41) is 3.63. The Bertz CT molecular complexity index is 189. The highest BCUT2D eigenvalue weighted by molar-refractivity contribution is 7.98. The zero-order valence-corrected chi connectivity index (χ0v) is 11.0. The van der Waals surface area contributed by atoms with E-state index in [9.17, 15) is 0 Å². The molecule has 1 N–H and O–H groups in total. The van der Waals surface area contributed by atoms with Crippen molar-refractivity contribution in [3.05, 3.63) is 11.6 Å². The molecular weight excluding hydrogens is 202 g/mol. The number of nitrogens with one attached hydrogen (secondary N) is 1. The minimum Gasteiger partial charge on any atom is -0.310 e. The number of thioether (sulfide) groups is 1. The van der Waals surface area contributed by atoms with E-state index in [1.165, 1.54) is 44.3 Å². The molecule has 1 aliphatic carbocycles.